The van der Waals surface area contributed by atoms with Gasteiger partial charge in [0.05, 0.1) is 12.6 Å². The lowest BCUT2D eigenvalue weighted by Gasteiger charge is -2.28. The Morgan fingerprint density at radius 2 is 2.08 bits per heavy atom. The fourth-order valence-electron chi connectivity index (χ4n) is 3.54. The van der Waals surface area contributed by atoms with E-state index in [2.05, 4.69) is 21.7 Å². The summed E-state index contributed by atoms with van der Waals surface area (Å²) >= 11 is 0. The molecule has 0 spiro atoms. The molecule has 1 unspecified atom stereocenters. The van der Waals surface area contributed by atoms with Gasteiger partial charge < -0.3 is 20.1 Å². The lowest BCUT2D eigenvalue weighted by molar-refractivity contribution is -0.148. The summed E-state index contributed by atoms with van der Waals surface area (Å²) in [6.45, 7) is 1.38. The maximum atomic E-state index is 11.9. The van der Waals surface area contributed by atoms with Crippen molar-refractivity contribution in [2.24, 2.45) is 4.99 Å². The molecule has 2 aliphatic rings. The summed E-state index contributed by atoms with van der Waals surface area (Å²) in [5.41, 5.74) is 1.15. The van der Waals surface area contributed by atoms with E-state index in [4.69, 9.17) is 9.47 Å². The molecule has 1 aliphatic heterocycles. The maximum absolute atomic E-state index is 11.9. The van der Waals surface area contributed by atoms with Crippen molar-refractivity contribution in [3.05, 3.63) is 29.8 Å². The van der Waals surface area contributed by atoms with Gasteiger partial charge in [-0.15, -0.1) is 0 Å². The van der Waals surface area contributed by atoms with Crippen molar-refractivity contribution in [1.82, 2.24) is 10.6 Å². The van der Waals surface area contributed by atoms with Gasteiger partial charge in [0.1, 0.15) is 11.9 Å². The minimum absolute atomic E-state index is 0.0833. The molecule has 0 radical (unpaired) electrons. The molecule has 1 saturated carbocycles. The first-order valence-electron chi connectivity index (χ1n) is 9.64. The first-order valence-corrected chi connectivity index (χ1v) is 9.64. The molecule has 2 N–H and O–H groups in total. The predicted octanol–water partition coefficient (Wildman–Crippen LogP) is 2.94. The predicted molar refractivity (Wildman–Crippen MR) is 101 cm³/mol. The molecule has 1 aliphatic carbocycles. The van der Waals surface area contributed by atoms with Gasteiger partial charge in [-0.2, -0.15) is 0 Å². The zero-order valence-electron chi connectivity index (χ0n) is 15.5. The van der Waals surface area contributed by atoms with Crippen molar-refractivity contribution < 1.29 is 14.3 Å². The van der Waals surface area contributed by atoms with Crippen LogP contribution in [-0.2, 0) is 9.53 Å². The van der Waals surface area contributed by atoms with E-state index < -0.39 is 0 Å². The number of benzene rings is 1. The second-order valence-electron chi connectivity index (χ2n) is 6.87. The Morgan fingerprint density at radius 3 is 2.88 bits per heavy atom. The fraction of sp³-hybridized carbons (Fsp3) is 0.600. The van der Waals surface area contributed by atoms with Crippen LogP contribution in [0.4, 0.5) is 0 Å². The van der Waals surface area contributed by atoms with Crippen molar-refractivity contribution >= 4 is 11.9 Å². The molecule has 1 aromatic rings. The maximum Gasteiger partial charge on any atom is 0.306 e. The Bertz CT molecular complexity index is 626. The highest BCUT2D eigenvalue weighted by atomic mass is 16.5. The number of hydrogen-bond acceptors (Lipinski definition) is 4. The molecule has 3 rings (SSSR count). The summed E-state index contributed by atoms with van der Waals surface area (Å²) in [5, 5.41) is 6.74. The number of rotatable bonds is 6. The summed E-state index contributed by atoms with van der Waals surface area (Å²) in [4.78, 5) is 16.2. The van der Waals surface area contributed by atoms with Crippen LogP contribution in [0.1, 0.15) is 56.6 Å². The Labute approximate surface area is 155 Å². The molecule has 1 fully saturated rings. The molecule has 0 aromatic heterocycles. The average Bonchev–Trinajstić information content (AvgIpc) is 3.17. The van der Waals surface area contributed by atoms with Gasteiger partial charge in [-0.25, -0.2) is 0 Å². The number of nitrogens with one attached hydrogen (secondary N) is 2. The molecule has 0 saturated heterocycles. The SMILES string of the molecule is CN=C(NCCCC(=O)OC1CCCC1)NC1CCOc2ccccc21. The molecule has 0 amide bonds. The van der Waals surface area contributed by atoms with Crippen LogP contribution < -0.4 is 15.4 Å². The summed E-state index contributed by atoms with van der Waals surface area (Å²) in [5.74, 6) is 1.59. The van der Waals surface area contributed by atoms with E-state index in [1.165, 1.54) is 12.8 Å². The van der Waals surface area contributed by atoms with E-state index in [0.29, 0.717) is 19.6 Å². The van der Waals surface area contributed by atoms with Gasteiger partial charge in [-0.3, -0.25) is 9.79 Å². The first-order chi connectivity index (χ1) is 12.8. The molecule has 0 bridgehead atoms. The highest BCUT2D eigenvalue weighted by Crippen LogP contribution is 2.31. The van der Waals surface area contributed by atoms with E-state index in [1.54, 1.807) is 7.05 Å². The molecule has 142 valence electrons. The smallest absolute Gasteiger partial charge is 0.306 e. The van der Waals surface area contributed by atoms with Crippen LogP contribution in [0.5, 0.6) is 5.75 Å². The number of ether oxygens (including phenoxy) is 2. The van der Waals surface area contributed by atoms with Crippen LogP contribution in [-0.4, -0.2) is 38.2 Å². The van der Waals surface area contributed by atoms with Crippen LogP contribution in [0, 0.1) is 0 Å². The van der Waals surface area contributed by atoms with Gasteiger partial charge in [0.2, 0.25) is 0 Å². The van der Waals surface area contributed by atoms with Crippen molar-refractivity contribution in [2.75, 3.05) is 20.2 Å². The number of esters is 1. The van der Waals surface area contributed by atoms with Gasteiger partial charge in [0.15, 0.2) is 5.96 Å². The minimum atomic E-state index is -0.0833. The van der Waals surface area contributed by atoms with Gasteiger partial charge in [-0.05, 0) is 38.2 Å². The largest absolute Gasteiger partial charge is 0.493 e. The number of carbonyl (C=O) groups excluding carboxylic acids is 1. The van der Waals surface area contributed by atoms with Crippen molar-refractivity contribution in [3.63, 3.8) is 0 Å². The van der Waals surface area contributed by atoms with Crippen LogP contribution in [0.25, 0.3) is 0 Å². The molecular formula is C20H29N3O3. The van der Waals surface area contributed by atoms with Gasteiger partial charge in [-0.1, -0.05) is 18.2 Å². The van der Waals surface area contributed by atoms with Crippen LogP contribution in [0.2, 0.25) is 0 Å². The number of aliphatic imine (C=N–C) groups is 1. The van der Waals surface area contributed by atoms with E-state index >= 15 is 0 Å². The zero-order valence-corrected chi connectivity index (χ0v) is 15.5. The monoisotopic (exact) mass is 359 g/mol. The number of hydrogen-bond donors (Lipinski definition) is 2. The van der Waals surface area contributed by atoms with Gasteiger partial charge >= 0.3 is 5.97 Å². The third-order valence-corrected chi connectivity index (χ3v) is 4.94. The fourth-order valence-corrected chi connectivity index (χ4v) is 3.54. The molecule has 26 heavy (non-hydrogen) atoms. The normalized spacial score (nSPS) is 20.2. The number of fused-ring (bicyclic) bond motifs is 1. The summed E-state index contributed by atoms with van der Waals surface area (Å²) in [7, 11) is 1.76. The molecule has 6 heteroatoms. The Balaban J connectivity index is 1.39. The molecule has 1 aromatic carbocycles. The van der Waals surface area contributed by atoms with Crippen molar-refractivity contribution in [2.45, 2.75) is 57.1 Å². The second kappa shape index (κ2) is 9.46. The number of nitrogens with zero attached hydrogens (tertiary/aromatic N) is 1. The third-order valence-electron chi connectivity index (χ3n) is 4.94. The number of guanidine groups is 1. The minimum Gasteiger partial charge on any atom is -0.493 e. The molecule has 1 heterocycles. The average molecular weight is 359 g/mol. The van der Waals surface area contributed by atoms with E-state index in [9.17, 15) is 4.79 Å². The van der Waals surface area contributed by atoms with Crippen molar-refractivity contribution in [3.8, 4) is 5.75 Å². The zero-order chi connectivity index (χ0) is 18.2. The number of carbonyl (C=O) groups is 1. The Kier molecular flexibility index (Phi) is 6.75. The number of para-hydroxylation sites is 1. The highest BCUT2D eigenvalue weighted by Gasteiger charge is 2.22. The lowest BCUT2D eigenvalue weighted by Crippen LogP contribution is -2.41. The second-order valence-corrected chi connectivity index (χ2v) is 6.87. The van der Waals surface area contributed by atoms with Crippen LogP contribution in [0.3, 0.4) is 0 Å². The van der Waals surface area contributed by atoms with Crippen LogP contribution >= 0.6 is 0 Å². The van der Waals surface area contributed by atoms with Crippen LogP contribution in [0.15, 0.2) is 29.3 Å². The van der Waals surface area contributed by atoms with E-state index in [1.807, 2.05) is 18.2 Å². The quantitative estimate of drug-likeness (QED) is 0.354. The highest BCUT2D eigenvalue weighted by molar-refractivity contribution is 5.80. The summed E-state index contributed by atoms with van der Waals surface area (Å²) < 4.78 is 11.2. The Hall–Kier alpha value is -2.24. The third kappa shape index (κ3) is 5.13. The lowest BCUT2D eigenvalue weighted by atomic mass is 10.0. The molecule has 6 nitrogen and oxygen atoms in total. The van der Waals surface area contributed by atoms with E-state index in [-0.39, 0.29) is 18.1 Å². The molecular weight excluding hydrogens is 330 g/mol. The summed E-state index contributed by atoms with van der Waals surface area (Å²) in [6.07, 6.45) is 6.62. The first kappa shape index (κ1) is 18.5. The topological polar surface area (TPSA) is 72.0 Å². The van der Waals surface area contributed by atoms with E-state index in [0.717, 1.165) is 43.0 Å². The van der Waals surface area contributed by atoms with Crippen molar-refractivity contribution in [1.29, 1.82) is 0 Å². The summed E-state index contributed by atoms with van der Waals surface area (Å²) in [6, 6.07) is 8.26. The Morgan fingerprint density at radius 1 is 1.27 bits per heavy atom. The van der Waals surface area contributed by atoms with Gasteiger partial charge in [0.25, 0.3) is 0 Å². The molecule has 1 atom stereocenters. The van der Waals surface area contributed by atoms with Gasteiger partial charge in [0, 0.05) is 32.0 Å². The standard InChI is InChI=1S/C20H29N3O3/c1-21-20(22-13-6-11-19(24)26-15-7-2-3-8-15)23-17-12-14-25-18-10-5-4-9-16(17)18/h4-5,9-10,15,17H,2-3,6-8,11-14H2,1H3,(H2,21,22,23).